The predicted molar refractivity (Wildman–Crippen MR) is 112 cm³/mol. The first-order chi connectivity index (χ1) is 13.3. The molecule has 0 unspecified atom stereocenters. The highest BCUT2D eigenvalue weighted by atomic mass is 35.5. The Labute approximate surface area is 174 Å². The molecular formula is C19H23Cl2N5O2. The first kappa shape index (κ1) is 20.5. The van der Waals surface area contributed by atoms with Crippen molar-refractivity contribution < 1.29 is 9.53 Å². The summed E-state index contributed by atoms with van der Waals surface area (Å²) in [5.41, 5.74) is 0. The molecule has 1 amide bonds. The first-order valence-electron chi connectivity index (χ1n) is 8.97. The van der Waals surface area contributed by atoms with Gasteiger partial charge in [-0.1, -0.05) is 23.2 Å². The van der Waals surface area contributed by atoms with Gasteiger partial charge in [0.2, 0.25) is 0 Å². The van der Waals surface area contributed by atoms with E-state index in [4.69, 9.17) is 27.9 Å². The number of hydrogen-bond donors (Lipinski definition) is 0. The third-order valence-electron chi connectivity index (χ3n) is 4.47. The lowest BCUT2D eigenvalue weighted by Gasteiger charge is -2.35. The maximum atomic E-state index is 12.5. The number of rotatable bonds is 5. The minimum absolute atomic E-state index is 0.0568. The third-order valence-corrected chi connectivity index (χ3v) is 5.00. The second-order valence-electron chi connectivity index (χ2n) is 6.76. The summed E-state index contributed by atoms with van der Waals surface area (Å²) in [6.07, 6.45) is 0. The zero-order chi connectivity index (χ0) is 20.3. The van der Waals surface area contributed by atoms with E-state index in [1.165, 1.54) is 0 Å². The maximum Gasteiger partial charge on any atom is 0.260 e. The molecule has 0 radical (unpaired) electrons. The van der Waals surface area contributed by atoms with Crippen molar-refractivity contribution in [2.75, 3.05) is 56.7 Å². The molecule has 0 aliphatic carbocycles. The van der Waals surface area contributed by atoms with Crippen LogP contribution < -0.4 is 14.5 Å². The molecule has 1 aliphatic heterocycles. The van der Waals surface area contributed by atoms with Crippen LogP contribution in [-0.2, 0) is 4.79 Å². The number of piperazine rings is 1. The zero-order valence-corrected chi connectivity index (χ0v) is 17.7. The number of aryl methyl sites for hydroxylation is 1. The largest absolute Gasteiger partial charge is 0.482 e. The summed E-state index contributed by atoms with van der Waals surface area (Å²) in [7, 11) is 3.91. The molecule has 2 aromatic rings. The van der Waals surface area contributed by atoms with E-state index < -0.39 is 0 Å². The lowest BCUT2D eigenvalue weighted by Crippen LogP contribution is -2.50. The number of ether oxygens (including phenoxy) is 1. The second kappa shape index (κ2) is 8.84. The standard InChI is InChI=1S/C19H23Cl2N5O2/c1-13-22-17(24(2)3)11-18(23-13)25-6-8-26(9-7-25)19(27)12-28-16-5-4-14(20)10-15(16)21/h4-5,10-11H,6-9,12H2,1-3H3. The summed E-state index contributed by atoms with van der Waals surface area (Å²) in [6, 6.07) is 6.90. The fourth-order valence-corrected chi connectivity index (χ4v) is 3.40. The van der Waals surface area contributed by atoms with E-state index in [9.17, 15) is 4.79 Å². The van der Waals surface area contributed by atoms with Crippen LogP contribution in [0.1, 0.15) is 5.82 Å². The minimum atomic E-state index is -0.0708. The number of halogens is 2. The topological polar surface area (TPSA) is 61.8 Å². The van der Waals surface area contributed by atoms with Crippen molar-refractivity contribution in [2.24, 2.45) is 0 Å². The lowest BCUT2D eigenvalue weighted by molar-refractivity contribution is -0.133. The van der Waals surface area contributed by atoms with Crippen LogP contribution in [0.25, 0.3) is 0 Å². The fourth-order valence-electron chi connectivity index (χ4n) is 2.94. The van der Waals surface area contributed by atoms with Gasteiger partial charge in [0.15, 0.2) is 6.61 Å². The van der Waals surface area contributed by atoms with Crippen molar-refractivity contribution in [1.82, 2.24) is 14.9 Å². The molecule has 1 aromatic heterocycles. The fraction of sp³-hybridized carbons (Fsp3) is 0.421. The molecule has 150 valence electrons. The molecule has 9 heteroatoms. The number of anilines is 2. The Morgan fingerprint density at radius 1 is 1.14 bits per heavy atom. The molecular weight excluding hydrogens is 401 g/mol. The molecule has 0 N–H and O–H groups in total. The summed E-state index contributed by atoms with van der Waals surface area (Å²) < 4.78 is 5.55. The van der Waals surface area contributed by atoms with Crippen LogP contribution in [0.3, 0.4) is 0 Å². The lowest BCUT2D eigenvalue weighted by atomic mass is 10.3. The van der Waals surface area contributed by atoms with Crippen LogP contribution in [0.5, 0.6) is 5.75 Å². The van der Waals surface area contributed by atoms with Crippen molar-refractivity contribution in [2.45, 2.75) is 6.92 Å². The van der Waals surface area contributed by atoms with Crippen LogP contribution in [-0.4, -0.2) is 67.7 Å². The van der Waals surface area contributed by atoms with Gasteiger partial charge in [0.1, 0.15) is 23.2 Å². The number of nitrogens with zero attached hydrogens (tertiary/aromatic N) is 5. The van der Waals surface area contributed by atoms with Crippen LogP contribution >= 0.6 is 23.2 Å². The van der Waals surface area contributed by atoms with Crippen molar-refractivity contribution in [3.63, 3.8) is 0 Å². The number of benzene rings is 1. The molecule has 0 saturated carbocycles. The maximum absolute atomic E-state index is 12.5. The highest BCUT2D eigenvalue weighted by Crippen LogP contribution is 2.27. The van der Waals surface area contributed by atoms with Gasteiger partial charge >= 0.3 is 0 Å². The van der Waals surface area contributed by atoms with E-state index in [-0.39, 0.29) is 12.5 Å². The molecule has 0 spiro atoms. The zero-order valence-electron chi connectivity index (χ0n) is 16.2. The summed E-state index contributed by atoms with van der Waals surface area (Å²) in [4.78, 5) is 27.4. The van der Waals surface area contributed by atoms with Crippen molar-refractivity contribution >= 4 is 40.7 Å². The Balaban J connectivity index is 1.55. The van der Waals surface area contributed by atoms with Gasteiger partial charge < -0.3 is 19.4 Å². The van der Waals surface area contributed by atoms with E-state index >= 15 is 0 Å². The Bertz CT molecular complexity index is 854. The second-order valence-corrected chi connectivity index (χ2v) is 7.60. The van der Waals surface area contributed by atoms with Gasteiger partial charge in [-0.3, -0.25) is 4.79 Å². The molecule has 7 nitrogen and oxygen atoms in total. The quantitative estimate of drug-likeness (QED) is 0.736. The summed E-state index contributed by atoms with van der Waals surface area (Å²) in [5.74, 6) is 2.86. The van der Waals surface area contributed by atoms with Gasteiger partial charge in [-0.2, -0.15) is 0 Å². The normalized spacial score (nSPS) is 14.2. The molecule has 2 heterocycles. The summed E-state index contributed by atoms with van der Waals surface area (Å²) >= 11 is 11.9. The molecule has 0 bridgehead atoms. The van der Waals surface area contributed by atoms with Crippen molar-refractivity contribution in [3.8, 4) is 5.75 Å². The molecule has 0 atom stereocenters. The number of carbonyl (C=O) groups excluding carboxylic acids is 1. The molecule has 1 aliphatic rings. The minimum Gasteiger partial charge on any atom is -0.482 e. The van der Waals surface area contributed by atoms with E-state index in [1.807, 2.05) is 32.0 Å². The van der Waals surface area contributed by atoms with Crippen molar-refractivity contribution in [3.05, 3.63) is 40.1 Å². The predicted octanol–water partition coefficient (Wildman–Crippen LogP) is 2.89. The van der Waals surface area contributed by atoms with Gasteiger partial charge in [-0.05, 0) is 25.1 Å². The van der Waals surface area contributed by atoms with Crippen LogP contribution in [0.2, 0.25) is 10.0 Å². The smallest absolute Gasteiger partial charge is 0.260 e. The molecule has 1 saturated heterocycles. The monoisotopic (exact) mass is 423 g/mol. The summed E-state index contributed by atoms with van der Waals surface area (Å²) in [6.45, 7) is 4.45. The number of carbonyl (C=O) groups is 1. The summed E-state index contributed by atoms with van der Waals surface area (Å²) in [5, 5.41) is 0.915. The first-order valence-corrected chi connectivity index (χ1v) is 9.72. The van der Waals surface area contributed by atoms with Crippen LogP contribution in [0, 0.1) is 6.92 Å². The molecule has 1 fully saturated rings. The Hall–Kier alpha value is -2.25. The Kier molecular flexibility index (Phi) is 6.46. The van der Waals surface area contributed by atoms with E-state index in [1.54, 1.807) is 23.1 Å². The van der Waals surface area contributed by atoms with E-state index in [0.29, 0.717) is 42.0 Å². The molecule has 1 aromatic carbocycles. The Morgan fingerprint density at radius 2 is 1.86 bits per heavy atom. The van der Waals surface area contributed by atoms with Crippen molar-refractivity contribution in [1.29, 1.82) is 0 Å². The van der Waals surface area contributed by atoms with Gasteiger partial charge in [0, 0.05) is 51.4 Å². The number of amides is 1. The average Bonchev–Trinajstić information content (AvgIpc) is 2.66. The molecule has 3 rings (SSSR count). The highest BCUT2D eigenvalue weighted by molar-refractivity contribution is 6.35. The Morgan fingerprint density at radius 3 is 2.50 bits per heavy atom. The van der Waals surface area contributed by atoms with Crippen LogP contribution in [0.15, 0.2) is 24.3 Å². The van der Waals surface area contributed by atoms with Gasteiger partial charge in [0.05, 0.1) is 5.02 Å². The average molecular weight is 424 g/mol. The van der Waals surface area contributed by atoms with Crippen LogP contribution in [0.4, 0.5) is 11.6 Å². The van der Waals surface area contributed by atoms with E-state index in [0.717, 1.165) is 17.5 Å². The number of hydrogen-bond acceptors (Lipinski definition) is 6. The van der Waals surface area contributed by atoms with Gasteiger partial charge in [-0.15, -0.1) is 0 Å². The van der Waals surface area contributed by atoms with E-state index in [2.05, 4.69) is 14.9 Å². The SMILES string of the molecule is Cc1nc(N(C)C)cc(N2CCN(C(=O)COc3ccc(Cl)cc3Cl)CC2)n1. The third kappa shape index (κ3) is 4.97. The molecule has 28 heavy (non-hydrogen) atoms. The van der Waals surface area contributed by atoms with Gasteiger partial charge in [0.25, 0.3) is 5.91 Å². The van der Waals surface area contributed by atoms with Gasteiger partial charge in [-0.25, -0.2) is 9.97 Å². The number of aromatic nitrogens is 2. The highest BCUT2D eigenvalue weighted by Gasteiger charge is 2.23.